The summed E-state index contributed by atoms with van der Waals surface area (Å²) < 4.78 is 6.75. The normalized spacial score (nSPS) is 18.8. The topological polar surface area (TPSA) is 56.2 Å². The van der Waals surface area contributed by atoms with E-state index in [1.807, 2.05) is 20.2 Å². The summed E-state index contributed by atoms with van der Waals surface area (Å²) in [6, 6.07) is 0. The Bertz CT molecular complexity index is 412. The molecule has 0 radical (unpaired) electrons. The smallest absolute Gasteiger partial charge is 0.328 e. The van der Waals surface area contributed by atoms with E-state index in [1.165, 1.54) is 7.11 Å². The van der Waals surface area contributed by atoms with Gasteiger partial charge < -0.3 is 10.1 Å². The molecule has 0 amide bonds. The number of rotatable bonds is 5. The summed E-state index contributed by atoms with van der Waals surface area (Å²) >= 11 is 0. The quantitative estimate of drug-likeness (QED) is 0.767. The minimum atomic E-state index is -0.632. The number of nitrogens with one attached hydrogen (secondary N) is 1. The molecular formula is C12H19N3O2. The summed E-state index contributed by atoms with van der Waals surface area (Å²) in [6.45, 7) is 2.51. The van der Waals surface area contributed by atoms with Crippen molar-refractivity contribution in [3.8, 4) is 0 Å². The highest BCUT2D eigenvalue weighted by Gasteiger charge is 2.51. The molecule has 0 aliphatic heterocycles. The van der Waals surface area contributed by atoms with Crippen LogP contribution in [-0.4, -0.2) is 35.4 Å². The Hall–Kier alpha value is -1.36. The van der Waals surface area contributed by atoms with Crippen molar-refractivity contribution < 1.29 is 9.53 Å². The number of esters is 1. The third-order valence-corrected chi connectivity index (χ3v) is 3.44. The molecule has 5 nitrogen and oxygen atoms in total. The third-order valence-electron chi connectivity index (χ3n) is 3.44. The number of nitrogens with zero attached hydrogens (tertiary/aromatic N) is 2. The van der Waals surface area contributed by atoms with Gasteiger partial charge >= 0.3 is 5.97 Å². The first-order valence-electron chi connectivity index (χ1n) is 5.89. The molecule has 1 atom stereocenters. The zero-order chi connectivity index (χ0) is 12.5. The van der Waals surface area contributed by atoms with Gasteiger partial charge in [-0.3, -0.25) is 4.68 Å². The summed E-state index contributed by atoms with van der Waals surface area (Å²) in [4.78, 5) is 12.0. The standard InChI is InChI=1S/C12H19N3O2/c1-9-6-14-15(7-9)8-12(13-2,10-4-5-10)11(16)17-3/h6-7,10,13H,4-5,8H2,1-3H3. The second-order valence-electron chi connectivity index (χ2n) is 4.70. The number of carbonyl (C=O) groups is 1. The van der Waals surface area contributed by atoms with E-state index in [0.29, 0.717) is 12.5 Å². The molecule has 1 fully saturated rings. The molecule has 1 aliphatic carbocycles. The summed E-state index contributed by atoms with van der Waals surface area (Å²) in [7, 11) is 3.25. The van der Waals surface area contributed by atoms with Crippen molar-refractivity contribution in [3.05, 3.63) is 18.0 Å². The number of hydrogen-bond donors (Lipinski definition) is 1. The van der Waals surface area contributed by atoms with Crippen molar-refractivity contribution in [2.24, 2.45) is 5.92 Å². The van der Waals surface area contributed by atoms with Gasteiger partial charge in [-0.2, -0.15) is 5.10 Å². The lowest BCUT2D eigenvalue weighted by Crippen LogP contribution is -2.56. The van der Waals surface area contributed by atoms with Crippen molar-refractivity contribution in [1.82, 2.24) is 15.1 Å². The molecule has 1 saturated carbocycles. The van der Waals surface area contributed by atoms with Crippen molar-refractivity contribution in [2.45, 2.75) is 31.8 Å². The maximum absolute atomic E-state index is 12.0. The molecule has 5 heteroatoms. The van der Waals surface area contributed by atoms with Gasteiger partial charge in [-0.15, -0.1) is 0 Å². The largest absolute Gasteiger partial charge is 0.468 e. The second kappa shape index (κ2) is 4.49. The third kappa shape index (κ3) is 2.20. The fourth-order valence-corrected chi connectivity index (χ4v) is 2.31. The summed E-state index contributed by atoms with van der Waals surface area (Å²) in [5, 5.41) is 7.39. The minimum Gasteiger partial charge on any atom is -0.468 e. The van der Waals surface area contributed by atoms with E-state index in [9.17, 15) is 4.79 Å². The lowest BCUT2D eigenvalue weighted by molar-refractivity contribution is -0.150. The van der Waals surface area contributed by atoms with E-state index in [0.717, 1.165) is 18.4 Å². The van der Waals surface area contributed by atoms with Crippen LogP contribution >= 0.6 is 0 Å². The number of aromatic nitrogens is 2. The van der Waals surface area contributed by atoms with E-state index >= 15 is 0 Å². The van der Waals surface area contributed by atoms with Crippen molar-refractivity contribution >= 4 is 5.97 Å². The van der Waals surface area contributed by atoms with E-state index in [4.69, 9.17) is 4.74 Å². The maximum atomic E-state index is 12.0. The number of hydrogen-bond acceptors (Lipinski definition) is 4. The summed E-state index contributed by atoms with van der Waals surface area (Å²) in [5.74, 6) is 0.153. The Morgan fingerprint density at radius 2 is 2.41 bits per heavy atom. The molecule has 17 heavy (non-hydrogen) atoms. The zero-order valence-corrected chi connectivity index (χ0v) is 10.6. The van der Waals surface area contributed by atoms with Crippen LogP contribution in [0.3, 0.4) is 0 Å². The molecule has 2 rings (SSSR count). The lowest BCUT2D eigenvalue weighted by Gasteiger charge is -2.30. The molecule has 1 aliphatic rings. The van der Waals surface area contributed by atoms with Crippen LogP contribution in [0.5, 0.6) is 0 Å². The number of methoxy groups -OCH3 is 1. The predicted molar refractivity (Wildman–Crippen MR) is 63.5 cm³/mol. The lowest BCUT2D eigenvalue weighted by atomic mass is 9.93. The number of likely N-dealkylation sites (N-methyl/N-ethyl adjacent to an activating group) is 1. The Kier molecular flexibility index (Phi) is 3.19. The van der Waals surface area contributed by atoms with Gasteiger partial charge in [-0.25, -0.2) is 4.79 Å². The number of ether oxygens (including phenoxy) is 1. The number of aryl methyl sites for hydroxylation is 1. The first kappa shape index (κ1) is 12.1. The molecule has 1 N–H and O–H groups in total. The van der Waals surface area contributed by atoms with E-state index < -0.39 is 5.54 Å². The predicted octanol–water partition coefficient (Wildman–Crippen LogP) is 0.733. The van der Waals surface area contributed by atoms with Crippen molar-refractivity contribution in [2.75, 3.05) is 14.2 Å². The molecule has 0 aromatic carbocycles. The average molecular weight is 237 g/mol. The molecule has 1 heterocycles. The zero-order valence-electron chi connectivity index (χ0n) is 10.6. The maximum Gasteiger partial charge on any atom is 0.328 e. The van der Waals surface area contributed by atoms with Crippen LogP contribution in [0.15, 0.2) is 12.4 Å². The van der Waals surface area contributed by atoms with Crippen molar-refractivity contribution in [1.29, 1.82) is 0 Å². The SMILES string of the molecule is CNC(Cn1cc(C)cn1)(C(=O)OC)C1CC1. The van der Waals surface area contributed by atoms with E-state index in [2.05, 4.69) is 10.4 Å². The summed E-state index contributed by atoms with van der Waals surface area (Å²) in [6.07, 6.45) is 5.87. The van der Waals surface area contributed by atoms with Crippen molar-refractivity contribution in [3.63, 3.8) is 0 Å². The van der Waals surface area contributed by atoms with Crippen LogP contribution in [0.2, 0.25) is 0 Å². The van der Waals surface area contributed by atoms with Crippen LogP contribution in [0.1, 0.15) is 18.4 Å². The molecule has 1 aromatic heterocycles. The molecule has 0 bridgehead atoms. The highest BCUT2D eigenvalue weighted by Crippen LogP contribution is 2.41. The van der Waals surface area contributed by atoms with Crippen LogP contribution < -0.4 is 5.32 Å². The Morgan fingerprint density at radius 1 is 1.71 bits per heavy atom. The van der Waals surface area contributed by atoms with Gasteiger partial charge in [0, 0.05) is 6.20 Å². The first-order chi connectivity index (χ1) is 8.12. The minimum absolute atomic E-state index is 0.198. The van der Waals surface area contributed by atoms with Crippen LogP contribution in [0, 0.1) is 12.8 Å². The molecule has 1 aromatic rings. The van der Waals surface area contributed by atoms with Crippen LogP contribution in [-0.2, 0) is 16.1 Å². The number of carbonyl (C=O) groups excluding carboxylic acids is 1. The van der Waals surface area contributed by atoms with Gasteiger partial charge in [0.15, 0.2) is 0 Å². The van der Waals surface area contributed by atoms with Gasteiger partial charge in [-0.05, 0) is 38.3 Å². The van der Waals surface area contributed by atoms with Crippen LogP contribution in [0.25, 0.3) is 0 Å². The van der Waals surface area contributed by atoms with Crippen LogP contribution in [0.4, 0.5) is 0 Å². The second-order valence-corrected chi connectivity index (χ2v) is 4.70. The molecule has 94 valence electrons. The molecule has 1 unspecified atom stereocenters. The Labute approximate surface area is 101 Å². The fraction of sp³-hybridized carbons (Fsp3) is 0.667. The molecular weight excluding hydrogens is 218 g/mol. The van der Waals surface area contributed by atoms with Gasteiger partial charge in [0.25, 0.3) is 0 Å². The van der Waals surface area contributed by atoms with Gasteiger partial charge in [-0.1, -0.05) is 0 Å². The molecule has 0 spiro atoms. The van der Waals surface area contributed by atoms with E-state index in [1.54, 1.807) is 10.9 Å². The highest BCUT2D eigenvalue weighted by molar-refractivity contribution is 5.81. The Morgan fingerprint density at radius 3 is 2.82 bits per heavy atom. The average Bonchev–Trinajstić information content (AvgIpc) is 3.10. The highest BCUT2D eigenvalue weighted by atomic mass is 16.5. The van der Waals surface area contributed by atoms with E-state index in [-0.39, 0.29) is 5.97 Å². The monoisotopic (exact) mass is 237 g/mol. The van der Waals surface area contributed by atoms with Gasteiger partial charge in [0.2, 0.25) is 0 Å². The van der Waals surface area contributed by atoms with Gasteiger partial charge in [0.05, 0.1) is 19.9 Å². The summed E-state index contributed by atoms with van der Waals surface area (Å²) in [5.41, 5.74) is 0.461. The molecule has 0 saturated heterocycles. The van der Waals surface area contributed by atoms with Gasteiger partial charge in [0.1, 0.15) is 5.54 Å². The Balaban J connectivity index is 2.23. The first-order valence-corrected chi connectivity index (χ1v) is 5.89. The fourth-order valence-electron chi connectivity index (χ4n) is 2.31.